The summed E-state index contributed by atoms with van der Waals surface area (Å²) in [6.45, 7) is 22.6. The number of allylic oxidation sites excluding steroid dienone is 6. The summed E-state index contributed by atoms with van der Waals surface area (Å²) in [5.74, 6) is 0.891. The zero-order valence-electron chi connectivity index (χ0n) is 20.2. The first kappa shape index (κ1) is 21.9. The minimum Gasteiger partial charge on any atom is -0.507 e. The molecule has 0 bridgehead atoms. The van der Waals surface area contributed by atoms with Crippen LogP contribution in [0.4, 0.5) is 0 Å². The molecule has 158 valence electrons. The molecule has 1 atom stereocenters. The molecule has 0 aliphatic heterocycles. The summed E-state index contributed by atoms with van der Waals surface area (Å²) >= 11 is 0. The summed E-state index contributed by atoms with van der Waals surface area (Å²) in [6.07, 6.45) is 9.19. The normalized spacial score (nSPS) is 22.9. The van der Waals surface area contributed by atoms with Crippen LogP contribution in [0.25, 0.3) is 5.57 Å². The molecule has 2 aliphatic carbocycles. The van der Waals surface area contributed by atoms with E-state index >= 15 is 0 Å². The molecule has 2 aliphatic rings. The molecule has 0 aromatic heterocycles. The number of hydrogen-bond acceptors (Lipinski definition) is 1. The second-order valence-corrected chi connectivity index (χ2v) is 11.5. The van der Waals surface area contributed by atoms with E-state index in [1.165, 1.54) is 27.8 Å². The van der Waals surface area contributed by atoms with Crippen LogP contribution in [0, 0.1) is 30.6 Å². The molecular formula is C28H40O. The van der Waals surface area contributed by atoms with Crippen molar-refractivity contribution in [2.24, 2.45) is 16.7 Å². The fourth-order valence-corrected chi connectivity index (χ4v) is 4.84. The first-order valence-electron chi connectivity index (χ1n) is 11.2. The molecular weight excluding hydrogens is 352 g/mol. The summed E-state index contributed by atoms with van der Waals surface area (Å²) in [5.41, 5.74) is 8.92. The number of benzene rings is 1. The van der Waals surface area contributed by atoms with Gasteiger partial charge in [-0.25, -0.2) is 0 Å². The van der Waals surface area contributed by atoms with Gasteiger partial charge in [0.25, 0.3) is 0 Å². The molecule has 1 N–H and O–H groups in total. The van der Waals surface area contributed by atoms with Gasteiger partial charge in [0, 0.05) is 17.0 Å². The largest absolute Gasteiger partial charge is 0.507 e. The van der Waals surface area contributed by atoms with Crippen LogP contribution >= 0.6 is 0 Å². The number of phenols is 1. The van der Waals surface area contributed by atoms with Gasteiger partial charge in [-0.1, -0.05) is 79.7 Å². The van der Waals surface area contributed by atoms with Gasteiger partial charge in [0.2, 0.25) is 0 Å². The van der Waals surface area contributed by atoms with Gasteiger partial charge in [-0.2, -0.15) is 0 Å². The number of hydrogen-bond donors (Lipinski definition) is 1. The van der Waals surface area contributed by atoms with E-state index in [9.17, 15) is 5.11 Å². The summed E-state index contributed by atoms with van der Waals surface area (Å²) in [4.78, 5) is 0. The van der Waals surface area contributed by atoms with E-state index < -0.39 is 0 Å². The van der Waals surface area contributed by atoms with E-state index in [1.54, 1.807) is 0 Å². The molecule has 1 nitrogen and oxygen atoms in total. The van der Waals surface area contributed by atoms with Gasteiger partial charge in [0.05, 0.1) is 0 Å². The Balaban J connectivity index is 2.45. The predicted octanol–water partition coefficient (Wildman–Crippen LogP) is 8.04. The van der Waals surface area contributed by atoms with Crippen molar-refractivity contribution in [1.82, 2.24) is 0 Å². The maximum atomic E-state index is 11.6. The Bertz CT molecular complexity index is 919. The molecule has 1 aromatic carbocycles. The molecule has 0 fully saturated rings. The molecule has 0 spiro atoms. The first-order chi connectivity index (χ1) is 13.2. The van der Waals surface area contributed by atoms with Crippen LogP contribution in [-0.4, -0.2) is 5.11 Å². The summed E-state index contributed by atoms with van der Waals surface area (Å²) < 4.78 is 0. The minimum atomic E-state index is -0.101. The van der Waals surface area contributed by atoms with Gasteiger partial charge < -0.3 is 5.11 Å². The van der Waals surface area contributed by atoms with Crippen molar-refractivity contribution < 1.29 is 5.11 Å². The topological polar surface area (TPSA) is 20.2 Å². The van der Waals surface area contributed by atoms with Gasteiger partial charge in [-0.15, -0.1) is 0 Å². The van der Waals surface area contributed by atoms with Gasteiger partial charge in [-0.3, -0.25) is 0 Å². The summed E-state index contributed by atoms with van der Waals surface area (Å²) in [7, 11) is 0. The highest BCUT2D eigenvalue weighted by Crippen LogP contribution is 2.57. The molecule has 0 saturated carbocycles. The van der Waals surface area contributed by atoms with Crippen LogP contribution in [0.15, 0.2) is 35.4 Å². The zero-order valence-corrected chi connectivity index (χ0v) is 20.2. The van der Waals surface area contributed by atoms with Gasteiger partial charge in [-0.05, 0) is 70.8 Å². The molecule has 0 heterocycles. The summed E-state index contributed by atoms with van der Waals surface area (Å²) in [6, 6.07) is 2.19. The van der Waals surface area contributed by atoms with Gasteiger partial charge in [0.15, 0.2) is 0 Å². The Morgan fingerprint density at radius 2 is 1.62 bits per heavy atom. The lowest BCUT2D eigenvalue weighted by Crippen LogP contribution is -2.28. The van der Waals surface area contributed by atoms with Crippen molar-refractivity contribution in [3.63, 3.8) is 0 Å². The Morgan fingerprint density at radius 1 is 1.03 bits per heavy atom. The first-order valence-corrected chi connectivity index (χ1v) is 11.2. The number of aromatic hydroxyl groups is 1. The Labute approximate surface area is 178 Å². The lowest BCUT2D eigenvalue weighted by Gasteiger charge is -2.42. The molecule has 1 heteroatoms. The van der Waals surface area contributed by atoms with Crippen LogP contribution in [0.5, 0.6) is 5.75 Å². The maximum absolute atomic E-state index is 11.6. The average Bonchev–Trinajstić information content (AvgIpc) is 3.42. The Hall–Kier alpha value is -1.76. The van der Waals surface area contributed by atoms with E-state index in [0.29, 0.717) is 11.7 Å². The summed E-state index contributed by atoms with van der Waals surface area (Å²) in [5, 5.41) is 11.6. The molecule has 29 heavy (non-hydrogen) atoms. The highest BCUT2D eigenvalue weighted by Gasteiger charge is 2.42. The number of rotatable bonds is 3. The van der Waals surface area contributed by atoms with Crippen LogP contribution in [0.3, 0.4) is 0 Å². The quantitative estimate of drug-likeness (QED) is 0.516. The van der Waals surface area contributed by atoms with E-state index in [4.69, 9.17) is 0 Å². The maximum Gasteiger partial charge on any atom is 0.127 e. The van der Waals surface area contributed by atoms with Crippen molar-refractivity contribution in [2.45, 2.75) is 87.5 Å². The van der Waals surface area contributed by atoms with Crippen LogP contribution < -0.4 is 0 Å². The van der Waals surface area contributed by atoms with Crippen molar-refractivity contribution in [2.75, 3.05) is 0 Å². The van der Waals surface area contributed by atoms with Crippen LogP contribution in [0.2, 0.25) is 0 Å². The highest BCUT2D eigenvalue weighted by atomic mass is 16.3. The van der Waals surface area contributed by atoms with Crippen molar-refractivity contribution >= 4 is 5.57 Å². The number of aryl methyl sites for hydroxylation is 1. The average molecular weight is 393 g/mol. The molecule has 3 rings (SSSR count). The van der Waals surface area contributed by atoms with Gasteiger partial charge in [0.1, 0.15) is 5.75 Å². The molecule has 0 amide bonds. The third kappa shape index (κ3) is 3.74. The highest BCUT2D eigenvalue weighted by molar-refractivity contribution is 5.86. The van der Waals surface area contributed by atoms with Crippen LogP contribution in [-0.2, 0) is 5.41 Å². The molecule has 1 aromatic rings. The molecule has 0 saturated heterocycles. The number of phenolic OH excluding ortho intramolecular Hbond substituents is 1. The fraction of sp³-hybridized carbons (Fsp3) is 0.571. The lowest BCUT2D eigenvalue weighted by molar-refractivity contribution is 0.403. The Kier molecular flexibility index (Phi) is 5.22. The van der Waals surface area contributed by atoms with E-state index in [0.717, 1.165) is 24.0 Å². The zero-order chi connectivity index (χ0) is 21.9. The van der Waals surface area contributed by atoms with Crippen molar-refractivity contribution in [3.8, 4) is 5.75 Å². The molecule has 0 radical (unpaired) electrons. The fourth-order valence-electron chi connectivity index (χ4n) is 4.84. The predicted molar refractivity (Wildman–Crippen MR) is 126 cm³/mol. The SMILES string of the molecule is CCC1(C)CC=C(C(C)(C)C)C(C2C=C2)=C1c1c(C)c(C)cc(C(C)(C)C)c1O. The van der Waals surface area contributed by atoms with Crippen molar-refractivity contribution in [1.29, 1.82) is 0 Å². The van der Waals surface area contributed by atoms with Crippen molar-refractivity contribution in [3.05, 3.63) is 57.7 Å². The van der Waals surface area contributed by atoms with E-state index in [2.05, 4.69) is 93.5 Å². The molecule has 1 unspecified atom stereocenters. The standard InChI is InChI=1S/C28H40O/c1-11-28(10)15-14-20(26(4,5)6)23(19-12-13-19)24(28)22-18(3)17(2)16-21(25(22)29)27(7,8)9/h12-14,16,19,29H,11,15H2,1-10H3. The van der Waals surface area contributed by atoms with Crippen LogP contribution in [0.1, 0.15) is 90.5 Å². The second-order valence-electron chi connectivity index (χ2n) is 11.5. The minimum absolute atomic E-state index is 0.0273. The van der Waals surface area contributed by atoms with E-state index in [1.807, 2.05) is 0 Å². The third-order valence-corrected chi connectivity index (χ3v) is 7.10. The lowest BCUT2D eigenvalue weighted by atomic mass is 9.62. The Morgan fingerprint density at radius 3 is 2.07 bits per heavy atom. The van der Waals surface area contributed by atoms with E-state index in [-0.39, 0.29) is 16.2 Å². The smallest absolute Gasteiger partial charge is 0.127 e. The third-order valence-electron chi connectivity index (χ3n) is 7.10. The van der Waals surface area contributed by atoms with Gasteiger partial charge >= 0.3 is 0 Å². The monoisotopic (exact) mass is 392 g/mol. The second kappa shape index (κ2) is 6.89.